The Bertz CT molecular complexity index is 364. The number of methoxy groups -OCH3 is 1. The van der Waals surface area contributed by atoms with Gasteiger partial charge in [0.25, 0.3) is 0 Å². The van der Waals surface area contributed by atoms with Crippen LogP contribution in [0, 0.1) is 11.3 Å². The monoisotopic (exact) mass is 188 g/mol. The largest absolute Gasteiger partial charge is 0.378 e. The Kier molecular flexibility index (Phi) is 2.38. The maximum absolute atomic E-state index is 8.90. The molecule has 0 unspecified atom stereocenters. The molecule has 1 aliphatic rings. The summed E-state index contributed by atoms with van der Waals surface area (Å²) < 4.78 is 5.19. The number of benzene rings is 1. The summed E-state index contributed by atoms with van der Waals surface area (Å²) in [4.78, 5) is 2.16. The molecule has 1 aromatic carbocycles. The Labute approximate surface area is 83.5 Å². The highest BCUT2D eigenvalue weighted by molar-refractivity contribution is 5.60. The van der Waals surface area contributed by atoms with Gasteiger partial charge >= 0.3 is 0 Å². The minimum absolute atomic E-state index is 0.321. The van der Waals surface area contributed by atoms with Gasteiger partial charge in [-0.05, 0) is 12.1 Å². The maximum Gasteiger partial charge on any atom is 0.101 e. The molecular formula is C11H12N2O. The van der Waals surface area contributed by atoms with E-state index in [-0.39, 0.29) is 0 Å². The van der Waals surface area contributed by atoms with Crippen molar-refractivity contribution in [2.24, 2.45) is 0 Å². The molecule has 0 saturated carbocycles. The molecule has 0 radical (unpaired) electrons. The van der Waals surface area contributed by atoms with Gasteiger partial charge in [-0.1, -0.05) is 12.1 Å². The van der Waals surface area contributed by atoms with Gasteiger partial charge in [-0.2, -0.15) is 5.26 Å². The molecular weight excluding hydrogens is 176 g/mol. The van der Waals surface area contributed by atoms with Crippen molar-refractivity contribution in [2.75, 3.05) is 25.1 Å². The minimum atomic E-state index is 0.321. The van der Waals surface area contributed by atoms with E-state index in [1.165, 1.54) is 0 Å². The maximum atomic E-state index is 8.90. The molecule has 0 aliphatic carbocycles. The molecule has 3 nitrogen and oxygen atoms in total. The molecule has 0 amide bonds. The molecule has 0 N–H and O–H groups in total. The fourth-order valence-electron chi connectivity index (χ4n) is 1.63. The first kappa shape index (κ1) is 9.04. The van der Waals surface area contributed by atoms with Crippen molar-refractivity contribution in [3.05, 3.63) is 29.8 Å². The van der Waals surface area contributed by atoms with Gasteiger partial charge < -0.3 is 9.64 Å². The predicted molar refractivity (Wildman–Crippen MR) is 54.2 cm³/mol. The fourth-order valence-corrected chi connectivity index (χ4v) is 1.63. The fraction of sp³-hybridized carbons (Fsp3) is 0.364. The number of hydrogen-bond donors (Lipinski definition) is 0. The lowest BCUT2D eigenvalue weighted by Gasteiger charge is -2.40. The third-order valence-electron chi connectivity index (χ3n) is 2.55. The van der Waals surface area contributed by atoms with Crippen molar-refractivity contribution >= 4 is 5.69 Å². The van der Waals surface area contributed by atoms with Crippen molar-refractivity contribution in [3.8, 4) is 6.07 Å². The molecule has 3 heteroatoms. The molecule has 1 heterocycles. The molecule has 0 spiro atoms. The quantitative estimate of drug-likeness (QED) is 0.703. The molecule has 72 valence electrons. The van der Waals surface area contributed by atoms with E-state index in [9.17, 15) is 0 Å². The van der Waals surface area contributed by atoms with Crippen molar-refractivity contribution in [1.29, 1.82) is 5.26 Å². The van der Waals surface area contributed by atoms with Crippen LogP contribution in [-0.4, -0.2) is 26.3 Å². The zero-order chi connectivity index (χ0) is 9.97. The van der Waals surface area contributed by atoms with Crippen molar-refractivity contribution in [1.82, 2.24) is 0 Å². The van der Waals surface area contributed by atoms with Crippen LogP contribution in [0.3, 0.4) is 0 Å². The third kappa shape index (κ3) is 1.45. The lowest BCUT2D eigenvalue weighted by Crippen LogP contribution is -2.52. The molecule has 0 atom stereocenters. The standard InChI is InChI=1S/C11H12N2O/c1-14-10-7-13(8-10)11-5-3-2-4-9(11)6-12/h2-5,10H,7-8H2,1H3. The lowest BCUT2D eigenvalue weighted by molar-refractivity contribution is 0.0787. The average Bonchev–Trinajstić information content (AvgIpc) is 2.17. The smallest absolute Gasteiger partial charge is 0.101 e. The van der Waals surface area contributed by atoms with Gasteiger partial charge in [0.1, 0.15) is 6.07 Å². The second kappa shape index (κ2) is 3.69. The summed E-state index contributed by atoms with van der Waals surface area (Å²) >= 11 is 0. The van der Waals surface area contributed by atoms with Crippen LogP contribution in [0.1, 0.15) is 5.56 Å². The van der Waals surface area contributed by atoms with Gasteiger partial charge in [-0.15, -0.1) is 0 Å². The SMILES string of the molecule is COC1CN(c2ccccc2C#N)C1. The summed E-state index contributed by atoms with van der Waals surface area (Å²) in [7, 11) is 1.72. The summed E-state index contributed by atoms with van der Waals surface area (Å²) in [5.41, 5.74) is 1.75. The highest BCUT2D eigenvalue weighted by Gasteiger charge is 2.27. The summed E-state index contributed by atoms with van der Waals surface area (Å²) in [6, 6.07) is 9.85. The molecule has 14 heavy (non-hydrogen) atoms. The van der Waals surface area contributed by atoms with Crippen LogP contribution in [0.2, 0.25) is 0 Å². The Balaban J connectivity index is 2.15. The van der Waals surface area contributed by atoms with E-state index in [1.54, 1.807) is 7.11 Å². The van der Waals surface area contributed by atoms with Crippen molar-refractivity contribution in [3.63, 3.8) is 0 Å². The van der Waals surface area contributed by atoms with Gasteiger partial charge in [0.2, 0.25) is 0 Å². The van der Waals surface area contributed by atoms with E-state index in [0.717, 1.165) is 24.3 Å². The molecule has 1 fully saturated rings. The number of rotatable bonds is 2. The first-order valence-corrected chi connectivity index (χ1v) is 4.62. The van der Waals surface area contributed by atoms with E-state index in [2.05, 4.69) is 11.0 Å². The normalized spacial score (nSPS) is 16.1. The van der Waals surface area contributed by atoms with Crippen molar-refractivity contribution in [2.45, 2.75) is 6.10 Å². The Morgan fingerprint density at radius 3 is 2.79 bits per heavy atom. The molecule has 0 bridgehead atoms. The van der Waals surface area contributed by atoms with E-state index in [1.807, 2.05) is 24.3 Å². The number of para-hydroxylation sites is 1. The topological polar surface area (TPSA) is 36.3 Å². The molecule has 1 aromatic rings. The highest BCUT2D eigenvalue weighted by atomic mass is 16.5. The minimum Gasteiger partial charge on any atom is -0.378 e. The molecule has 0 aromatic heterocycles. The summed E-state index contributed by atoms with van der Waals surface area (Å²) in [5.74, 6) is 0. The van der Waals surface area contributed by atoms with E-state index in [0.29, 0.717) is 6.10 Å². The van der Waals surface area contributed by atoms with Crippen LogP contribution in [0.5, 0.6) is 0 Å². The van der Waals surface area contributed by atoms with Gasteiger partial charge in [0.15, 0.2) is 0 Å². The number of ether oxygens (including phenoxy) is 1. The predicted octanol–water partition coefficient (Wildman–Crippen LogP) is 1.39. The Morgan fingerprint density at radius 2 is 2.14 bits per heavy atom. The zero-order valence-electron chi connectivity index (χ0n) is 8.10. The number of nitrogens with zero attached hydrogens (tertiary/aromatic N) is 2. The van der Waals surface area contributed by atoms with Gasteiger partial charge in [0, 0.05) is 20.2 Å². The summed E-state index contributed by atoms with van der Waals surface area (Å²) in [5, 5.41) is 8.90. The first-order valence-electron chi connectivity index (χ1n) is 4.62. The lowest BCUT2D eigenvalue weighted by atomic mass is 10.1. The molecule has 1 saturated heterocycles. The van der Waals surface area contributed by atoms with Crippen LogP contribution in [0.25, 0.3) is 0 Å². The third-order valence-corrected chi connectivity index (χ3v) is 2.55. The first-order chi connectivity index (χ1) is 6.85. The van der Waals surface area contributed by atoms with Gasteiger partial charge in [-0.25, -0.2) is 0 Å². The van der Waals surface area contributed by atoms with E-state index < -0.39 is 0 Å². The van der Waals surface area contributed by atoms with Gasteiger partial charge in [-0.3, -0.25) is 0 Å². The molecule has 1 aliphatic heterocycles. The van der Waals surface area contributed by atoms with Crippen LogP contribution >= 0.6 is 0 Å². The summed E-state index contributed by atoms with van der Waals surface area (Å²) in [6.07, 6.45) is 0.321. The average molecular weight is 188 g/mol. The van der Waals surface area contributed by atoms with Crippen LogP contribution < -0.4 is 4.90 Å². The number of nitriles is 1. The second-order valence-corrected chi connectivity index (χ2v) is 3.39. The van der Waals surface area contributed by atoms with Crippen LogP contribution in [-0.2, 0) is 4.74 Å². The highest BCUT2D eigenvalue weighted by Crippen LogP contribution is 2.25. The van der Waals surface area contributed by atoms with Gasteiger partial charge in [0.05, 0.1) is 17.4 Å². The number of hydrogen-bond acceptors (Lipinski definition) is 3. The second-order valence-electron chi connectivity index (χ2n) is 3.39. The Morgan fingerprint density at radius 1 is 1.43 bits per heavy atom. The Hall–Kier alpha value is -1.53. The van der Waals surface area contributed by atoms with Crippen molar-refractivity contribution < 1.29 is 4.74 Å². The van der Waals surface area contributed by atoms with E-state index in [4.69, 9.17) is 10.00 Å². The van der Waals surface area contributed by atoms with E-state index >= 15 is 0 Å². The number of anilines is 1. The van der Waals surface area contributed by atoms with Crippen LogP contribution in [0.4, 0.5) is 5.69 Å². The van der Waals surface area contributed by atoms with Crippen LogP contribution in [0.15, 0.2) is 24.3 Å². The summed E-state index contributed by atoms with van der Waals surface area (Å²) in [6.45, 7) is 1.77. The molecule has 2 rings (SSSR count). The zero-order valence-corrected chi connectivity index (χ0v) is 8.10.